The van der Waals surface area contributed by atoms with Crippen LogP contribution in [0.15, 0.2) is 34.9 Å². The number of aliphatic hydroxyl groups excluding tert-OH is 4. The topological polar surface area (TPSA) is 213 Å². The number of carbonyl (C=O) groups excluding carboxylic acids is 1. The van der Waals surface area contributed by atoms with Crippen LogP contribution in [0.25, 0.3) is 10.8 Å². The molecule has 2 aromatic rings. The second-order valence-electron chi connectivity index (χ2n) is 34.0. The lowest BCUT2D eigenvalue weighted by molar-refractivity contribution is -0.339. The number of aromatic carboxylic acids is 1. The summed E-state index contributed by atoms with van der Waals surface area (Å²) in [5.74, 6) is -2.39. The number of phenolic OH excluding ortho intramolecular Hbond substituents is 2. The van der Waals surface area contributed by atoms with Gasteiger partial charge < -0.3 is 54.7 Å². The minimum Gasteiger partial charge on any atom is -0.507 e. The Kier molecular flexibility index (Phi) is 12.7. The van der Waals surface area contributed by atoms with Crippen LogP contribution in [0.5, 0.6) is 17.2 Å². The van der Waals surface area contributed by atoms with Crippen LogP contribution in [0.4, 0.5) is 0 Å². The van der Waals surface area contributed by atoms with Crippen LogP contribution in [-0.2, 0) is 14.2 Å². The van der Waals surface area contributed by atoms with Gasteiger partial charge >= 0.3 is 5.97 Å². The summed E-state index contributed by atoms with van der Waals surface area (Å²) < 4.78 is 28.9. The summed E-state index contributed by atoms with van der Waals surface area (Å²) in [5, 5.41) is 84.8. The summed E-state index contributed by atoms with van der Waals surface area (Å²) in [6, 6.07) is 2.40. The predicted octanol–water partition coefficient (Wildman–Crippen LogP) is 13.4. The number of hydrogen-bond donors (Lipinski definition) is 7. The Morgan fingerprint density at radius 3 is 2.00 bits per heavy atom. The molecule has 2 bridgehead atoms. The van der Waals surface area contributed by atoms with E-state index in [2.05, 4.69) is 6.08 Å². The molecule has 13 fully saturated rings. The van der Waals surface area contributed by atoms with Crippen LogP contribution in [0.3, 0.4) is 0 Å². The Labute approximate surface area is 513 Å². The smallest absolute Gasteiger partial charge is 0.335 e. The van der Waals surface area contributed by atoms with E-state index < -0.39 is 71.1 Å². The highest BCUT2D eigenvalue weighted by molar-refractivity contribution is 6.11. The van der Waals surface area contributed by atoms with E-state index in [-0.39, 0.29) is 68.4 Å². The molecule has 4 aliphatic heterocycles. The fourth-order valence-electron chi connectivity index (χ4n) is 27.8. The molecule has 16 unspecified atom stereocenters. The van der Waals surface area contributed by atoms with Crippen LogP contribution in [0.2, 0.25) is 0 Å². The third kappa shape index (κ3) is 7.63. The lowest BCUT2D eigenvalue weighted by Crippen LogP contribution is -2.72. The normalized spacial score (nSPS) is 44.5. The molecule has 87 heavy (non-hydrogen) atoms. The van der Waals surface area contributed by atoms with E-state index >= 15 is 0 Å². The number of hydrogen-bond acceptors (Lipinski definition) is 12. The van der Waals surface area contributed by atoms with Gasteiger partial charge in [-0.05, 0) is 265 Å². The highest BCUT2D eigenvalue weighted by atomic mass is 16.7. The van der Waals surface area contributed by atoms with Crippen molar-refractivity contribution in [1.82, 2.24) is 0 Å². The largest absolute Gasteiger partial charge is 0.507 e. The number of phenols is 2. The van der Waals surface area contributed by atoms with Crippen LogP contribution < -0.4 is 4.74 Å². The number of aliphatic hydroxyl groups is 4. The number of carbonyl (C=O) groups is 2. The molecule has 13 heteroatoms. The molecular weight excluding hydrogens is 1100 g/mol. The van der Waals surface area contributed by atoms with Crippen molar-refractivity contribution >= 4 is 22.5 Å². The molecule has 3 saturated heterocycles. The van der Waals surface area contributed by atoms with Gasteiger partial charge in [-0.3, -0.25) is 4.79 Å². The molecule has 0 radical (unpaired) electrons. The van der Waals surface area contributed by atoms with E-state index in [0.717, 1.165) is 45.1 Å². The fourth-order valence-corrected chi connectivity index (χ4v) is 27.8. The molecule has 7 N–H and O–H groups in total. The van der Waals surface area contributed by atoms with E-state index in [1.807, 2.05) is 0 Å². The van der Waals surface area contributed by atoms with Crippen LogP contribution in [0, 0.1) is 79.3 Å². The molecule has 10 saturated carbocycles. The van der Waals surface area contributed by atoms with Crippen molar-refractivity contribution in [1.29, 1.82) is 0 Å². The molecule has 0 amide bonds. The summed E-state index contributed by atoms with van der Waals surface area (Å²) in [7, 11) is 0. The van der Waals surface area contributed by atoms with E-state index in [4.69, 9.17) is 18.9 Å². The Balaban J connectivity index is 0.812. The van der Waals surface area contributed by atoms with Gasteiger partial charge in [0, 0.05) is 35.0 Å². The second-order valence-corrected chi connectivity index (χ2v) is 34.0. The zero-order chi connectivity index (χ0) is 59.7. The summed E-state index contributed by atoms with van der Waals surface area (Å²) in [5.41, 5.74) is 3.57. The average molecular weight is 1200 g/mol. The Morgan fingerprint density at radius 1 is 0.713 bits per heavy atom. The maximum Gasteiger partial charge on any atom is 0.335 e. The minimum absolute atomic E-state index is 0.0674. The zero-order valence-corrected chi connectivity index (χ0v) is 52.0. The molecule has 16 atom stereocenters. The quantitative estimate of drug-likeness (QED) is 0.102. The Hall–Kier alpha value is -3.56. The number of allylic oxidation sites excluding steroid dienone is 2. The van der Waals surface area contributed by atoms with Crippen LogP contribution >= 0.6 is 0 Å². The highest BCUT2D eigenvalue weighted by Crippen LogP contribution is 2.89. The lowest BCUT2D eigenvalue weighted by Gasteiger charge is -2.64. The van der Waals surface area contributed by atoms with Crippen molar-refractivity contribution in [2.75, 3.05) is 19.8 Å². The van der Waals surface area contributed by atoms with Gasteiger partial charge in [-0.1, -0.05) is 57.4 Å². The number of carboxylic acid groups (broad SMARTS) is 1. The molecule has 0 aromatic heterocycles. The molecule has 13 nitrogen and oxygen atoms in total. The maximum atomic E-state index is 13.7. The van der Waals surface area contributed by atoms with Crippen LogP contribution in [-0.4, -0.2) is 110 Å². The first kappa shape index (κ1) is 57.3. The van der Waals surface area contributed by atoms with Crippen LogP contribution in [0.1, 0.15) is 245 Å². The van der Waals surface area contributed by atoms with Crippen molar-refractivity contribution < 1.29 is 64.3 Å². The maximum absolute atomic E-state index is 13.7. The summed E-state index contributed by atoms with van der Waals surface area (Å²) in [6.45, 7) is 4.22. The summed E-state index contributed by atoms with van der Waals surface area (Å²) in [4.78, 5) is 25.9. The number of Topliss-reactive ketones (excluding diaryl/α,β-unsaturated/α-hetero) is 1. The SMILES string of the molecule is CC(=O)c1c(C)c(O)c2cc(C(=O)O)cc(OC3OC4C(O)C5(CCCC5)CC5OC4(CC4C6=C5CC=C6C5(CCCO)COCC6CC7(CC4C65)CC4(CCC5(CCCC5)C4)C4(CC5(CCCC5)CC45CCC4(CCCC4)C5)C7)C(O)C3O)c2c1O. The first-order valence-corrected chi connectivity index (χ1v) is 35.2. The van der Waals surface area contributed by atoms with Gasteiger partial charge in [-0.25, -0.2) is 4.79 Å². The van der Waals surface area contributed by atoms with Crippen molar-refractivity contribution in [3.8, 4) is 17.2 Å². The van der Waals surface area contributed by atoms with Gasteiger partial charge in [0.2, 0.25) is 6.29 Å². The van der Waals surface area contributed by atoms with Crippen molar-refractivity contribution in [2.45, 2.75) is 268 Å². The Bertz CT molecular complexity index is 3280. The van der Waals surface area contributed by atoms with Gasteiger partial charge in [0.1, 0.15) is 41.2 Å². The standard InChI is InChI=1S/C74H98O13/c1-42-53(43(2)76)58(78)55-47(57(42)77)28-44(63(82)83)29-51(55)85-64-59(79)60(80)74-32-48-49-31-68(38-71(26-24-66(36-71)16-5-6-17-66)73(40-68)39-67(18-7-8-19-67)37-70(73)25-23-65(35-70)14-3-4-15-65)30-45-34-84-41-72(56(45)49,22-11-27-75)50-13-12-46(54(48)50)52(87-74)33-69(20-9-10-21-69)61(81)62(74)86-64/h13,28-29,45,48-49,52,56,59-62,64,75,77-81H,3-12,14-27,30-41H2,1-2H3,(H,82,83). The number of benzene rings is 2. The van der Waals surface area contributed by atoms with Gasteiger partial charge in [0.25, 0.3) is 0 Å². The first-order valence-electron chi connectivity index (χ1n) is 35.2. The highest BCUT2D eigenvalue weighted by Gasteiger charge is 2.80. The van der Waals surface area contributed by atoms with Gasteiger partial charge in [0.05, 0.1) is 35.3 Å². The number of carboxylic acids is 1. The zero-order valence-electron chi connectivity index (χ0n) is 52.0. The molecule has 15 aliphatic rings. The minimum atomic E-state index is -1.79. The monoisotopic (exact) mass is 1190 g/mol. The molecule has 4 heterocycles. The third-order valence-electron chi connectivity index (χ3n) is 30.2. The van der Waals surface area contributed by atoms with Crippen molar-refractivity contribution in [3.63, 3.8) is 0 Å². The van der Waals surface area contributed by atoms with E-state index in [0.29, 0.717) is 70.7 Å². The number of aromatic hydroxyl groups is 2. The first-order chi connectivity index (χ1) is 41.7. The molecule has 9 spiro atoms. The number of ether oxygens (including phenoxy) is 4. The predicted molar refractivity (Wildman–Crippen MR) is 325 cm³/mol. The third-order valence-corrected chi connectivity index (χ3v) is 30.2. The van der Waals surface area contributed by atoms with Gasteiger partial charge in [-0.2, -0.15) is 0 Å². The second kappa shape index (κ2) is 19.3. The van der Waals surface area contributed by atoms with Crippen molar-refractivity contribution in [2.24, 2.45) is 72.4 Å². The molecule has 2 aromatic carbocycles. The molecular formula is C74H98O13. The van der Waals surface area contributed by atoms with E-state index in [1.165, 1.54) is 190 Å². The van der Waals surface area contributed by atoms with Crippen molar-refractivity contribution in [3.05, 3.63) is 51.6 Å². The Morgan fingerprint density at radius 2 is 1.34 bits per heavy atom. The number of ketones is 1. The van der Waals surface area contributed by atoms with E-state index in [9.17, 15) is 45.3 Å². The fraction of sp³-hybridized carbons (Fsp3) is 0.784. The average Bonchev–Trinajstić information content (AvgIpc) is 1.50. The van der Waals surface area contributed by atoms with Gasteiger partial charge in [0.15, 0.2) is 5.78 Å². The number of fused-ring (bicyclic) bond motifs is 7. The molecule has 17 rings (SSSR count). The molecule has 11 aliphatic carbocycles. The number of rotatable bonds is 7. The summed E-state index contributed by atoms with van der Waals surface area (Å²) >= 11 is 0. The lowest BCUT2D eigenvalue weighted by atomic mass is 9.42. The van der Waals surface area contributed by atoms with E-state index in [1.54, 1.807) is 0 Å². The molecule has 472 valence electrons. The summed E-state index contributed by atoms with van der Waals surface area (Å²) in [6.07, 6.45) is 34.1. The van der Waals surface area contributed by atoms with Gasteiger partial charge in [-0.15, -0.1) is 0 Å².